The Balaban J connectivity index is 2.33. The fraction of sp³-hybridized carbons (Fsp3) is 0.467. The van der Waals surface area contributed by atoms with E-state index in [2.05, 4.69) is 5.32 Å². The van der Waals surface area contributed by atoms with Crippen molar-refractivity contribution in [2.75, 3.05) is 18.0 Å². The fourth-order valence-electron chi connectivity index (χ4n) is 2.58. The maximum atomic E-state index is 12.6. The molecule has 1 amide bonds. The van der Waals surface area contributed by atoms with E-state index in [0.29, 0.717) is 13.1 Å². The maximum Gasteiger partial charge on any atom is 0.335 e. The van der Waals surface area contributed by atoms with Gasteiger partial charge in [-0.2, -0.15) is 0 Å². The number of anilines is 1. The first-order valence-corrected chi connectivity index (χ1v) is 6.80. The molecule has 108 valence electrons. The molecule has 0 saturated carbocycles. The molecule has 0 aromatic heterocycles. The van der Waals surface area contributed by atoms with Crippen LogP contribution in [0.4, 0.5) is 5.69 Å². The summed E-state index contributed by atoms with van der Waals surface area (Å²) in [6.07, 6.45) is 0.767. The van der Waals surface area contributed by atoms with Gasteiger partial charge in [0.25, 0.3) is 0 Å². The van der Waals surface area contributed by atoms with Crippen molar-refractivity contribution in [3.05, 3.63) is 29.3 Å². The van der Waals surface area contributed by atoms with Gasteiger partial charge in [0.15, 0.2) is 0 Å². The van der Waals surface area contributed by atoms with Crippen LogP contribution in [0.25, 0.3) is 0 Å². The van der Waals surface area contributed by atoms with E-state index in [-0.39, 0.29) is 11.5 Å². The molecule has 0 unspecified atom stereocenters. The molecule has 1 aliphatic heterocycles. The third-order valence-corrected chi connectivity index (χ3v) is 3.63. The summed E-state index contributed by atoms with van der Waals surface area (Å²) in [6, 6.07) is 4.97. The van der Waals surface area contributed by atoms with Gasteiger partial charge in [0.1, 0.15) is 0 Å². The second kappa shape index (κ2) is 5.25. The molecule has 1 heterocycles. The Labute approximate surface area is 118 Å². The molecule has 0 spiro atoms. The molecule has 2 N–H and O–H groups in total. The fourth-order valence-corrected chi connectivity index (χ4v) is 2.58. The van der Waals surface area contributed by atoms with Crippen molar-refractivity contribution in [2.24, 2.45) is 0 Å². The zero-order valence-electron chi connectivity index (χ0n) is 12.1. The molecule has 1 aromatic carbocycles. The van der Waals surface area contributed by atoms with E-state index in [1.165, 1.54) is 0 Å². The summed E-state index contributed by atoms with van der Waals surface area (Å²) in [5.74, 6) is -1.00. The Kier molecular flexibility index (Phi) is 3.81. The molecule has 1 aliphatic rings. The highest BCUT2D eigenvalue weighted by atomic mass is 16.4. The van der Waals surface area contributed by atoms with Crippen LogP contribution in [0.3, 0.4) is 0 Å². The standard InChI is InChI=1S/C15H20N2O3/c1-4-16-15(2,3)14(20)17-8-7-10-5-6-11(13(18)19)9-12(10)17/h5-6,9,16H,4,7-8H2,1-3H3,(H,18,19). The van der Waals surface area contributed by atoms with Crippen molar-refractivity contribution in [1.29, 1.82) is 0 Å². The third kappa shape index (κ3) is 2.54. The smallest absolute Gasteiger partial charge is 0.335 e. The van der Waals surface area contributed by atoms with E-state index < -0.39 is 11.5 Å². The van der Waals surface area contributed by atoms with Gasteiger partial charge in [-0.3, -0.25) is 4.79 Å². The molecule has 0 aliphatic carbocycles. The number of hydrogen-bond donors (Lipinski definition) is 2. The number of carbonyl (C=O) groups excluding carboxylic acids is 1. The molecule has 0 radical (unpaired) electrons. The lowest BCUT2D eigenvalue weighted by molar-refractivity contribution is -0.123. The number of aromatic carboxylic acids is 1. The van der Waals surface area contributed by atoms with E-state index in [1.54, 1.807) is 23.1 Å². The molecular weight excluding hydrogens is 256 g/mol. The average Bonchev–Trinajstić information content (AvgIpc) is 2.80. The minimum atomic E-state index is -0.974. The van der Waals surface area contributed by atoms with Gasteiger partial charge in [-0.15, -0.1) is 0 Å². The Morgan fingerprint density at radius 1 is 1.40 bits per heavy atom. The summed E-state index contributed by atoms with van der Waals surface area (Å²) >= 11 is 0. The van der Waals surface area contributed by atoms with Crippen molar-refractivity contribution in [3.63, 3.8) is 0 Å². The van der Waals surface area contributed by atoms with Gasteiger partial charge in [0, 0.05) is 12.2 Å². The average molecular weight is 276 g/mol. The van der Waals surface area contributed by atoms with E-state index in [1.807, 2.05) is 20.8 Å². The van der Waals surface area contributed by atoms with E-state index in [0.717, 1.165) is 17.7 Å². The molecule has 5 nitrogen and oxygen atoms in total. The SMILES string of the molecule is CCNC(C)(C)C(=O)N1CCc2ccc(C(=O)O)cc21. The highest BCUT2D eigenvalue weighted by molar-refractivity contribution is 6.02. The molecule has 0 fully saturated rings. The lowest BCUT2D eigenvalue weighted by Gasteiger charge is -2.30. The predicted octanol–water partition coefficient (Wildman–Crippen LogP) is 1.66. The molecule has 1 aromatic rings. The third-order valence-electron chi connectivity index (χ3n) is 3.63. The van der Waals surface area contributed by atoms with E-state index in [9.17, 15) is 9.59 Å². The zero-order chi connectivity index (χ0) is 14.9. The number of carbonyl (C=O) groups is 2. The number of rotatable bonds is 4. The van der Waals surface area contributed by atoms with Crippen molar-refractivity contribution in [2.45, 2.75) is 32.7 Å². The normalized spacial score (nSPS) is 14.2. The molecule has 2 rings (SSSR count). The molecular formula is C15H20N2O3. The van der Waals surface area contributed by atoms with Crippen molar-refractivity contribution < 1.29 is 14.7 Å². The Morgan fingerprint density at radius 3 is 2.70 bits per heavy atom. The molecule has 0 atom stereocenters. The topological polar surface area (TPSA) is 69.6 Å². The van der Waals surface area contributed by atoms with Crippen LogP contribution in [0.15, 0.2) is 18.2 Å². The van der Waals surface area contributed by atoms with Crippen molar-refractivity contribution in [3.8, 4) is 0 Å². The Morgan fingerprint density at radius 2 is 2.10 bits per heavy atom. The van der Waals surface area contributed by atoms with Gasteiger partial charge in [-0.05, 0) is 44.5 Å². The van der Waals surface area contributed by atoms with Crippen LogP contribution in [-0.4, -0.2) is 35.6 Å². The van der Waals surface area contributed by atoms with E-state index >= 15 is 0 Å². The number of amides is 1. The van der Waals surface area contributed by atoms with Gasteiger partial charge in [0.05, 0.1) is 11.1 Å². The van der Waals surface area contributed by atoms with Crippen LogP contribution < -0.4 is 10.2 Å². The summed E-state index contributed by atoms with van der Waals surface area (Å²) in [5.41, 5.74) is 1.30. The van der Waals surface area contributed by atoms with Crippen molar-refractivity contribution >= 4 is 17.6 Å². The van der Waals surface area contributed by atoms with Crippen LogP contribution in [0.2, 0.25) is 0 Å². The Bertz CT molecular complexity index is 552. The summed E-state index contributed by atoms with van der Waals surface area (Å²) in [4.78, 5) is 25.4. The number of carboxylic acid groups (broad SMARTS) is 1. The highest BCUT2D eigenvalue weighted by Crippen LogP contribution is 2.30. The number of hydrogen-bond acceptors (Lipinski definition) is 3. The first-order chi connectivity index (χ1) is 9.36. The number of nitrogens with one attached hydrogen (secondary N) is 1. The Hall–Kier alpha value is -1.88. The van der Waals surface area contributed by atoms with Crippen LogP contribution in [-0.2, 0) is 11.2 Å². The quantitative estimate of drug-likeness (QED) is 0.877. The van der Waals surface area contributed by atoms with Gasteiger partial charge in [-0.1, -0.05) is 13.0 Å². The first-order valence-electron chi connectivity index (χ1n) is 6.80. The lowest BCUT2D eigenvalue weighted by Crippen LogP contribution is -2.53. The van der Waals surface area contributed by atoms with Crippen LogP contribution in [0, 0.1) is 0 Å². The number of fused-ring (bicyclic) bond motifs is 1. The minimum absolute atomic E-state index is 0.0272. The van der Waals surface area contributed by atoms with Gasteiger partial charge < -0.3 is 15.3 Å². The van der Waals surface area contributed by atoms with Crippen molar-refractivity contribution in [1.82, 2.24) is 5.32 Å². The monoisotopic (exact) mass is 276 g/mol. The number of benzene rings is 1. The number of likely N-dealkylation sites (N-methyl/N-ethyl adjacent to an activating group) is 1. The maximum absolute atomic E-state index is 12.6. The van der Waals surface area contributed by atoms with Crippen LogP contribution in [0.1, 0.15) is 36.7 Å². The zero-order valence-corrected chi connectivity index (χ0v) is 12.1. The number of nitrogens with zero attached hydrogens (tertiary/aromatic N) is 1. The molecule has 0 bridgehead atoms. The molecule has 20 heavy (non-hydrogen) atoms. The van der Waals surface area contributed by atoms with E-state index in [4.69, 9.17) is 5.11 Å². The largest absolute Gasteiger partial charge is 0.478 e. The highest BCUT2D eigenvalue weighted by Gasteiger charge is 2.35. The number of carboxylic acids is 1. The molecule has 0 saturated heterocycles. The predicted molar refractivity (Wildman–Crippen MR) is 77.2 cm³/mol. The van der Waals surface area contributed by atoms with Crippen LogP contribution in [0.5, 0.6) is 0 Å². The second-order valence-corrected chi connectivity index (χ2v) is 5.51. The summed E-state index contributed by atoms with van der Waals surface area (Å²) in [6.45, 7) is 6.95. The molecule has 5 heteroatoms. The second-order valence-electron chi connectivity index (χ2n) is 5.51. The van der Waals surface area contributed by atoms with Gasteiger partial charge >= 0.3 is 5.97 Å². The first kappa shape index (κ1) is 14.5. The summed E-state index contributed by atoms with van der Waals surface area (Å²) in [5, 5.41) is 12.2. The minimum Gasteiger partial charge on any atom is -0.478 e. The van der Waals surface area contributed by atoms with Gasteiger partial charge in [-0.25, -0.2) is 4.79 Å². The summed E-state index contributed by atoms with van der Waals surface area (Å²) in [7, 11) is 0. The lowest BCUT2D eigenvalue weighted by atomic mass is 10.0. The summed E-state index contributed by atoms with van der Waals surface area (Å²) < 4.78 is 0. The van der Waals surface area contributed by atoms with Gasteiger partial charge in [0.2, 0.25) is 5.91 Å². The van der Waals surface area contributed by atoms with Crippen LogP contribution >= 0.6 is 0 Å².